The minimum Gasteiger partial charge on any atom is -0.394 e. The highest BCUT2D eigenvalue weighted by molar-refractivity contribution is 5.55. The van der Waals surface area contributed by atoms with Crippen molar-refractivity contribution < 1.29 is 58.7 Å². The van der Waals surface area contributed by atoms with E-state index >= 15 is 0 Å². The number of hydrogen-bond donors (Lipinski definition) is 5. The summed E-state index contributed by atoms with van der Waals surface area (Å²) in [6, 6.07) is 0. The van der Waals surface area contributed by atoms with Crippen LogP contribution in [-0.4, -0.2) is 125 Å². The summed E-state index contributed by atoms with van der Waals surface area (Å²) in [5.41, 5.74) is 0. The number of ether oxygens (including phenoxy) is 6. The van der Waals surface area contributed by atoms with Crippen LogP contribution in [0.3, 0.4) is 0 Å². The molecular weight excluding hydrogens is 504 g/mol. The van der Waals surface area contributed by atoms with Crippen LogP contribution in [0.25, 0.3) is 0 Å². The molecule has 4 rings (SSSR count). The molecule has 3 saturated heterocycles. The van der Waals surface area contributed by atoms with Crippen molar-refractivity contribution in [2.24, 2.45) is 5.92 Å². The van der Waals surface area contributed by atoms with E-state index in [9.17, 15) is 30.3 Å². The summed E-state index contributed by atoms with van der Waals surface area (Å²) in [7, 11) is 0. The van der Waals surface area contributed by atoms with Gasteiger partial charge in [0, 0.05) is 6.61 Å². The van der Waals surface area contributed by atoms with Crippen LogP contribution < -0.4 is 0 Å². The van der Waals surface area contributed by atoms with Gasteiger partial charge in [-0.1, -0.05) is 26.2 Å². The van der Waals surface area contributed by atoms with Crippen LogP contribution in [0.1, 0.15) is 58.8 Å². The molecule has 1 saturated carbocycles. The lowest BCUT2D eigenvalue weighted by Gasteiger charge is -2.48. The van der Waals surface area contributed by atoms with Crippen LogP contribution >= 0.6 is 0 Å². The smallest absolute Gasteiger partial charge is 0.187 e. The van der Waals surface area contributed by atoms with Crippen LogP contribution in [0, 0.1) is 5.92 Å². The highest BCUT2D eigenvalue weighted by atomic mass is 16.7. The molecule has 5 N–H and O–H groups in total. The highest BCUT2D eigenvalue weighted by Gasteiger charge is 2.51. The summed E-state index contributed by atoms with van der Waals surface area (Å²) in [6.45, 7) is 3.48. The summed E-state index contributed by atoms with van der Waals surface area (Å²) >= 11 is 0. The predicted molar refractivity (Wildman–Crippen MR) is 130 cm³/mol. The zero-order valence-corrected chi connectivity index (χ0v) is 22.1. The number of carbonyl (C=O) groups is 1. The first-order valence-electron chi connectivity index (χ1n) is 13.9. The van der Waals surface area contributed by atoms with E-state index in [0.717, 1.165) is 38.4 Å². The molecule has 0 aromatic carbocycles. The molecule has 0 spiro atoms. The fourth-order valence-corrected chi connectivity index (χ4v) is 5.85. The highest BCUT2D eigenvalue weighted by Crippen LogP contribution is 2.36. The molecule has 14 atom stereocenters. The Morgan fingerprint density at radius 3 is 2.32 bits per heavy atom. The number of rotatable bonds is 6. The zero-order valence-electron chi connectivity index (χ0n) is 22.1. The summed E-state index contributed by atoms with van der Waals surface area (Å²) in [4.78, 5) is 11.7. The lowest BCUT2D eigenvalue weighted by Crippen LogP contribution is -2.63. The van der Waals surface area contributed by atoms with Crippen LogP contribution in [0.4, 0.5) is 0 Å². The third kappa shape index (κ3) is 6.74. The number of hydrogen-bond acceptors (Lipinski definition) is 12. The van der Waals surface area contributed by atoms with Crippen molar-refractivity contribution in [1.29, 1.82) is 0 Å². The van der Waals surface area contributed by atoms with Gasteiger partial charge in [0.2, 0.25) is 0 Å². The molecule has 4 fully saturated rings. The van der Waals surface area contributed by atoms with Gasteiger partial charge in [0.05, 0.1) is 24.9 Å². The van der Waals surface area contributed by atoms with Gasteiger partial charge >= 0.3 is 0 Å². The number of carbonyl (C=O) groups excluding carboxylic acids is 1. The quantitative estimate of drug-likeness (QED) is 0.267. The molecule has 0 bridgehead atoms. The Morgan fingerprint density at radius 2 is 1.58 bits per heavy atom. The molecule has 0 aromatic heterocycles. The summed E-state index contributed by atoms with van der Waals surface area (Å²) in [5.74, 6) is 0.00289. The summed E-state index contributed by atoms with van der Waals surface area (Å²) in [5, 5.41) is 51.6. The Morgan fingerprint density at radius 1 is 0.789 bits per heavy atom. The Hall–Kier alpha value is -0.770. The van der Waals surface area contributed by atoms with E-state index in [1.807, 2.05) is 6.92 Å². The lowest BCUT2D eigenvalue weighted by molar-refractivity contribution is -0.352. The number of aldehydes is 1. The van der Waals surface area contributed by atoms with E-state index in [2.05, 4.69) is 0 Å². The number of fused-ring (bicyclic) bond motifs is 1. The van der Waals surface area contributed by atoms with Crippen LogP contribution in [0.15, 0.2) is 0 Å². The standard InChI is InChI=1S/C26H44O12/c1-13-7-6-9-16(22(13)38-25-21(32)20(31)18(29)14(2)34-25)36-26-24-23(19(30)17(12-28)37-26)35-15(11-27)8-4-3-5-10-33-24/h11,13-26,28-32H,3-10,12H2,1-2H3/t13?,14?,15-,16-,17?,18-,19+,20?,21+,22-,23?,24?,25+,26-/m1/s1. The van der Waals surface area contributed by atoms with Crippen molar-refractivity contribution in [2.75, 3.05) is 13.2 Å². The average Bonchev–Trinajstić information content (AvgIpc) is 2.91. The first-order chi connectivity index (χ1) is 18.2. The Kier molecular flexibility index (Phi) is 10.9. The molecule has 3 heterocycles. The number of aliphatic hydroxyl groups is 5. The largest absolute Gasteiger partial charge is 0.394 e. The van der Waals surface area contributed by atoms with Gasteiger partial charge in [-0.2, -0.15) is 0 Å². The second kappa shape index (κ2) is 13.7. The molecule has 6 unspecified atom stereocenters. The molecule has 0 aromatic rings. The maximum absolute atomic E-state index is 11.7. The van der Waals surface area contributed by atoms with Gasteiger partial charge in [-0.05, 0) is 38.5 Å². The van der Waals surface area contributed by atoms with Crippen molar-refractivity contribution in [1.82, 2.24) is 0 Å². The van der Waals surface area contributed by atoms with Crippen molar-refractivity contribution in [3.63, 3.8) is 0 Å². The molecule has 220 valence electrons. The summed E-state index contributed by atoms with van der Waals surface area (Å²) in [6.07, 6.45) is -7.00. The second-order valence-electron chi connectivity index (χ2n) is 11.0. The minimum absolute atomic E-state index is 0.00289. The minimum atomic E-state index is -1.45. The third-order valence-corrected chi connectivity index (χ3v) is 8.21. The second-order valence-corrected chi connectivity index (χ2v) is 11.0. The molecule has 0 radical (unpaired) electrons. The van der Waals surface area contributed by atoms with Crippen LogP contribution in [0.5, 0.6) is 0 Å². The van der Waals surface area contributed by atoms with Gasteiger partial charge < -0.3 is 58.7 Å². The Labute approximate surface area is 223 Å². The lowest BCUT2D eigenvalue weighted by atomic mass is 9.85. The van der Waals surface area contributed by atoms with Crippen LogP contribution in [-0.2, 0) is 33.2 Å². The van der Waals surface area contributed by atoms with E-state index < -0.39 is 86.3 Å². The first-order valence-corrected chi connectivity index (χ1v) is 13.9. The van der Waals surface area contributed by atoms with Gasteiger partial charge in [0.1, 0.15) is 55.1 Å². The van der Waals surface area contributed by atoms with Gasteiger partial charge in [-0.3, -0.25) is 0 Å². The van der Waals surface area contributed by atoms with Gasteiger partial charge in [-0.25, -0.2) is 0 Å². The third-order valence-electron chi connectivity index (χ3n) is 8.21. The molecule has 38 heavy (non-hydrogen) atoms. The van der Waals surface area contributed by atoms with E-state index in [4.69, 9.17) is 28.4 Å². The predicted octanol–water partition coefficient (Wildman–Crippen LogP) is -0.606. The molecule has 3 aliphatic heterocycles. The SMILES string of the molecule is CC1O[C@@H](O[C@@H]2C(C)CCC[C@H]2O[C@@H]2OC(CO)[C@H](O)C3O[C@@H](C=O)CCCCCOC32)[C@@H](O)C(O)[C@@H]1O. The monoisotopic (exact) mass is 548 g/mol. The van der Waals surface area contributed by atoms with E-state index in [1.54, 1.807) is 6.92 Å². The zero-order chi connectivity index (χ0) is 27.4. The van der Waals surface area contributed by atoms with E-state index in [-0.39, 0.29) is 5.92 Å². The molecule has 4 aliphatic rings. The fourth-order valence-electron chi connectivity index (χ4n) is 5.85. The Bertz CT molecular complexity index is 741. The summed E-state index contributed by atoms with van der Waals surface area (Å²) < 4.78 is 36.4. The molecule has 1 aliphatic carbocycles. The van der Waals surface area contributed by atoms with Crippen molar-refractivity contribution >= 4 is 6.29 Å². The van der Waals surface area contributed by atoms with Crippen LogP contribution in [0.2, 0.25) is 0 Å². The molecule has 12 nitrogen and oxygen atoms in total. The normalized spacial score (nSPS) is 49.1. The maximum Gasteiger partial charge on any atom is 0.187 e. The fraction of sp³-hybridized carbons (Fsp3) is 0.962. The maximum atomic E-state index is 11.7. The Balaban J connectivity index is 1.53. The number of aliphatic hydroxyl groups excluding tert-OH is 5. The molecule has 0 amide bonds. The van der Waals surface area contributed by atoms with Crippen molar-refractivity contribution in [2.45, 2.75) is 139 Å². The van der Waals surface area contributed by atoms with Gasteiger partial charge in [0.15, 0.2) is 12.6 Å². The molecular formula is C26H44O12. The first kappa shape index (κ1) is 30.2. The van der Waals surface area contributed by atoms with Crippen molar-refractivity contribution in [3.05, 3.63) is 0 Å². The van der Waals surface area contributed by atoms with E-state index in [0.29, 0.717) is 19.4 Å². The van der Waals surface area contributed by atoms with Crippen molar-refractivity contribution in [3.8, 4) is 0 Å². The molecule has 12 heteroatoms. The van der Waals surface area contributed by atoms with Gasteiger partial charge in [-0.15, -0.1) is 0 Å². The topological polar surface area (TPSA) is 174 Å². The van der Waals surface area contributed by atoms with E-state index in [1.165, 1.54) is 0 Å². The van der Waals surface area contributed by atoms with Gasteiger partial charge in [0.25, 0.3) is 0 Å². The average molecular weight is 549 g/mol.